The molecule has 0 heterocycles. The first-order valence-electron chi connectivity index (χ1n) is 18.2. The van der Waals surface area contributed by atoms with Gasteiger partial charge in [0.05, 0.1) is 0 Å². The fraction of sp³-hybridized carbons (Fsp3) is 1.00. The van der Waals surface area contributed by atoms with Crippen molar-refractivity contribution in [1.82, 2.24) is 0 Å². The summed E-state index contributed by atoms with van der Waals surface area (Å²) in [5.41, 5.74) is 11.0. The molecular formula is C36H79ClN2. The lowest BCUT2D eigenvalue weighted by atomic mass is 10.0. The number of hydrogen-bond donors (Lipinski definition) is 2. The molecule has 0 aliphatic rings. The second-order valence-electron chi connectivity index (χ2n) is 12.2. The van der Waals surface area contributed by atoms with Gasteiger partial charge in [0, 0.05) is 0 Å². The van der Waals surface area contributed by atoms with E-state index in [4.69, 9.17) is 11.5 Å². The van der Waals surface area contributed by atoms with E-state index in [2.05, 4.69) is 13.8 Å². The lowest BCUT2D eigenvalue weighted by Gasteiger charge is -2.03. The summed E-state index contributed by atoms with van der Waals surface area (Å²) in [4.78, 5) is 0. The first-order valence-corrected chi connectivity index (χ1v) is 18.2. The van der Waals surface area contributed by atoms with E-state index < -0.39 is 0 Å². The Balaban J connectivity index is -0.000000648. The van der Waals surface area contributed by atoms with Crippen LogP contribution in [0.15, 0.2) is 0 Å². The minimum atomic E-state index is 0. The summed E-state index contributed by atoms with van der Waals surface area (Å²) < 4.78 is 0. The zero-order valence-electron chi connectivity index (χ0n) is 27.6. The maximum Gasteiger partial charge on any atom is -0.00773 e. The van der Waals surface area contributed by atoms with Crippen molar-refractivity contribution in [1.29, 1.82) is 0 Å². The predicted molar refractivity (Wildman–Crippen MR) is 184 cm³/mol. The van der Waals surface area contributed by atoms with E-state index in [0.717, 1.165) is 13.1 Å². The summed E-state index contributed by atoms with van der Waals surface area (Å²) in [6.07, 6.45) is 45.7. The van der Waals surface area contributed by atoms with Crippen LogP contribution in [-0.4, -0.2) is 13.1 Å². The van der Waals surface area contributed by atoms with Crippen molar-refractivity contribution in [2.24, 2.45) is 11.5 Å². The van der Waals surface area contributed by atoms with Crippen LogP contribution < -0.4 is 11.5 Å². The van der Waals surface area contributed by atoms with Gasteiger partial charge < -0.3 is 11.5 Å². The van der Waals surface area contributed by atoms with Gasteiger partial charge in [0.2, 0.25) is 0 Å². The molecule has 3 heteroatoms. The molecule has 0 atom stereocenters. The van der Waals surface area contributed by atoms with Gasteiger partial charge in [-0.2, -0.15) is 0 Å². The van der Waals surface area contributed by atoms with Crippen LogP contribution in [0.5, 0.6) is 0 Å². The van der Waals surface area contributed by atoms with Crippen LogP contribution >= 0.6 is 12.4 Å². The number of rotatable bonds is 32. The van der Waals surface area contributed by atoms with Gasteiger partial charge in [-0.25, -0.2) is 0 Å². The van der Waals surface area contributed by atoms with Crippen molar-refractivity contribution in [2.45, 2.75) is 219 Å². The molecule has 0 bridgehead atoms. The summed E-state index contributed by atoms with van der Waals surface area (Å²) in [6, 6.07) is 0. The van der Waals surface area contributed by atoms with Crippen molar-refractivity contribution in [3.05, 3.63) is 0 Å². The molecule has 0 saturated carbocycles. The third kappa shape index (κ3) is 48.3. The molecule has 0 aliphatic carbocycles. The normalized spacial score (nSPS) is 10.8. The summed E-state index contributed by atoms with van der Waals surface area (Å²) in [7, 11) is 0. The molecule has 0 unspecified atom stereocenters. The molecule has 2 nitrogen and oxygen atoms in total. The highest BCUT2D eigenvalue weighted by molar-refractivity contribution is 5.85. The number of nitrogens with two attached hydrogens (primary N) is 2. The van der Waals surface area contributed by atoms with Gasteiger partial charge >= 0.3 is 0 Å². The SMILES string of the molecule is CCCCCCCCCCCCCCCCCCN.CCCCCCCCCCCCCCCCCCN.Cl. The second-order valence-corrected chi connectivity index (χ2v) is 12.2. The molecule has 0 aromatic carbocycles. The Kier molecular flexibility index (Phi) is 50.6. The third-order valence-corrected chi connectivity index (χ3v) is 8.12. The zero-order chi connectivity index (χ0) is 28.0. The molecule has 0 aromatic heterocycles. The number of unbranched alkanes of at least 4 members (excludes halogenated alkanes) is 30. The zero-order valence-corrected chi connectivity index (χ0v) is 28.4. The van der Waals surface area contributed by atoms with E-state index in [0.29, 0.717) is 0 Å². The second kappa shape index (κ2) is 45.2. The van der Waals surface area contributed by atoms with Crippen molar-refractivity contribution < 1.29 is 0 Å². The smallest absolute Gasteiger partial charge is 0.00773 e. The number of hydrogen-bond acceptors (Lipinski definition) is 2. The summed E-state index contributed by atoms with van der Waals surface area (Å²) >= 11 is 0. The maximum absolute atomic E-state index is 5.48. The average molecular weight is 575 g/mol. The first kappa shape index (κ1) is 43.7. The maximum atomic E-state index is 5.48. The van der Waals surface area contributed by atoms with E-state index >= 15 is 0 Å². The van der Waals surface area contributed by atoms with Crippen LogP contribution in [0.3, 0.4) is 0 Å². The lowest BCUT2D eigenvalue weighted by molar-refractivity contribution is 0.530. The van der Waals surface area contributed by atoms with E-state index in [1.54, 1.807) is 0 Å². The molecule has 0 radical (unpaired) electrons. The minimum Gasteiger partial charge on any atom is -0.330 e. The Hall–Kier alpha value is 0.210. The molecular weight excluding hydrogens is 496 g/mol. The monoisotopic (exact) mass is 575 g/mol. The molecule has 39 heavy (non-hydrogen) atoms. The van der Waals surface area contributed by atoms with Gasteiger partial charge in [0.25, 0.3) is 0 Å². The van der Waals surface area contributed by atoms with Crippen molar-refractivity contribution >= 4 is 12.4 Å². The Morgan fingerprint density at radius 2 is 0.359 bits per heavy atom. The topological polar surface area (TPSA) is 52.0 Å². The Morgan fingerprint density at radius 3 is 0.487 bits per heavy atom. The van der Waals surface area contributed by atoms with Crippen LogP contribution in [0.4, 0.5) is 0 Å². The number of halogens is 1. The highest BCUT2D eigenvalue weighted by Gasteiger charge is 1.95. The lowest BCUT2D eigenvalue weighted by Crippen LogP contribution is -1.97. The van der Waals surface area contributed by atoms with Gasteiger partial charge in [-0.3, -0.25) is 0 Å². The summed E-state index contributed by atoms with van der Waals surface area (Å²) in [5, 5.41) is 0. The van der Waals surface area contributed by atoms with Crippen LogP contribution in [0.2, 0.25) is 0 Å². The highest BCUT2D eigenvalue weighted by atomic mass is 35.5. The summed E-state index contributed by atoms with van der Waals surface area (Å²) in [5.74, 6) is 0. The first-order chi connectivity index (χ1) is 18.8. The standard InChI is InChI=1S/2C18H39N.ClH/c2*1-2-3-4-5-6-7-8-9-10-11-12-13-14-15-16-17-18-19;/h2*2-19H2,1H3;1H. The van der Waals surface area contributed by atoms with Crippen LogP contribution in [0.1, 0.15) is 219 Å². The Labute approximate surface area is 255 Å². The fourth-order valence-electron chi connectivity index (χ4n) is 5.38. The van der Waals surface area contributed by atoms with Crippen molar-refractivity contribution in [2.75, 3.05) is 13.1 Å². The molecule has 240 valence electrons. The quantitative estimate of drug-likeness (QED) is 0.0784. The van der Waals surface area contributed by atoms with E-state index in [-0.39, 0.29) is 12.4 Å². The van der Waals surface area contributed by atoms with Crippen LogP contribution in [0.25, 0.3) is 0 Å². The predicted octanol–water partition coefficient (Wildman–Crippen LogP) is 12.8. The third-order valence-electron chi connectivity index (χ3n) is 8.12. The van der Waals surface area contributed by atoms with Gasteiger partial charge in [-0.05, 0) is 25.9 Å². The minimum absolute atomic E-state index is 0. The van der Waals surface area contributed by atoms with Crippen LogP contribution in [-0.2, 0) is 0 Å². The van der Waals surface area contributed by atoms with E-state index in [9.17, 15) is 0 Å². The molecule has 0 rings (SSSR count). The largest absolute Gasteiger partial charge is 0.330 e. The molecule has 4 N–H and O–H groups in total. The molecule has 0 fully saturated rings. The molecule has 0 aliphatic heterocycles. The van der Waals surface area contributed by atoms with Gasteiger partial charge in [0.15, 0.2) is 0 Å². The molecule has 0 spiro atoms. The fourth-order valence-corrected chi connectivity index (χ4v) is 5.38. The Morgan fingerprint density at radius 1 is 0.231 bits per heavy atom. The van der Waals surface area contributed by atoms with Crippen molar-refractivity contribution in [3.8, 4) is 0 Å². The molecule has 0 amide bonds. The summed E-state index contributed by atoms with van der Waals surface area (Å²) in [6.45, 7) is 6.33. The van der Waals surface area contributed by atoms with Gasteiger partial charge in [-0.15, -0.1) is 12.4 Å². The van der Waals surface area contributed by atoms with Crippen molar-refractivity contribution in [3.63, 3.8) is 0 Å². The molecule has 0 saturated heterocycles. The highest BCUT2D eigenvalue weighted by Crippen LogP contribution is 2.15. The van der Waals surface area contributed by atoms with E-state index in [1.807, 2.05) is 0 Å². The van der Waals surface area contributed by atoms with E-state index in [1.165, 1.54) is 205 Å². The average Bonchev–Trinajstić information content (AvgIpc) is 2.93. The van der Waals surface area contributed by atoms with Gasteiger partial charge in [0.1, 0.15) is 0 Å². The van der Waals surface area contributed by atoms with Crippen LogP contribution in [0, 0.1) is 0 Å². The Bertz CT molecular complexity index is 298. The molecule has 0 aromatic rings. The van der Waals surface area contributed by atoms with Gasteiger partial charge in [-0.1, -0.05) is 206 Å².